The van der Waals surface area contributed by atoms with E-state index in [-0.39, 0.29) is 13.2 Å². The molecule has 218 valence electrons. The third-order valence-electron chi connectivity index (χ3n) is 6.28. The van der Waals surface area contributed by atoms with Gasteiger partial charge in [-0.05, 0) is 51.6 Å². The number of halogens is 1. The van der Waals surface area contributed by atoms with E-state index in [1.165, 1.54) is 17.8 Å². The first-order chi connectivity index (χ1) is 18.9. The van der Waals surface area contributed by atoms with Gasteiger partial charge >= 0.3 is 12.6 Å². The Kier molecular flexibility index (Phi) is 9.08. The summed E-state index contributed by atoms with van der Waals surface area (Å²) in [7, 11) is 3.64. The molecule has 0 spiro atoms. The number of alkyl halides is 1. The van der Waals surface area contributed by atoms with E-state index in [0.29, 0.717) is 28.6 Å². The Morgan fingerprint density at radius 2 is 2.05 bits per heavy atom. The van der Waals surface area contributed by atoms with E-state index < -0.39 is 42.8 Å². The minimum Gasteiger partial charge on any atom is -0.465 e. The van der Waals surface area contributed by atoms with Crippen LogP contribution < -0.4 is 14.5 Å². The molecule has 1 saturated heterocycles. The van der Waals surface area contributed by atoms with Gasteiger partial charge in [0.2, 0.25) is 0 Å². The van der Waals surface area contributed by atoms with Gasteiger partial charge in [0.15, 0.2) is 28.9 Å². The van der Waals surface area contributed by atoms with Gasteiger partial charge in [-0.3, -0.25) is 9.36 Å². The molecule has 2 N–H and O–H groups in total. The number of aromatic nitrogens is 4. The summed E-state index contributed by atoms with van der Waals surface area (Å²) < 4.78 is 40.6. The molecule has 15 heteroatoms. The maximum atomic E-state index is 16.1. The zero-order chi connectivity index (χ0) is 29.2. The normalized spacial score (nSPS) is 24.9. The third kappa shape index (κ3) is 6.27. The van der Waals surface area contributed by atoms with E-state index in [1.54, 1.807) is 49.9 Å². The van der Waals surface area contributed by atoms with Crippen molar-refractivity contribution in [2.24, 2.45) is 0 Å². The predicted octanol–water partition coefficient (Wildman–Crippen LogP) is 3.05. The van der Waals surface area contributed by atoms with Crippen molar-refractivity contribution in [2.45, 2.75) is 57.8 Å². The topological polar surface area (TPSA) is 133 Å². The number of aliphatic hydroxyl groups is 1. The fourth-order valence-corrected chi connectivity index (χ4v) is 6.70. The molecule has 0 aliphatic carbocycles. The number of carbonyl (C=O) groups excluding carboxylic acids is 1. The standard InChI is InChI=1S/C25H34FN6O6PS/c1-7-35-23(34)15(2)30-39(40,38-17-11-9-8-10-12-17)36-13-18-20(33)25(4,26)24(37-18)32-14-27-19-21(31(5)6)28-16(3)29-22(19)32/h8-12,14-15,18,20,24,33H,7,13H2,1-6H3,(H,30,40)/t15-,18+,20+,24+,25+,39?/m0/s1. The van der Waals surface area contributed by atoms with Crippen molar-refractivity contribution in [3.8, 4) is 5.75 Å². The SMILES string of the molecule is CCOC(=O)[C@H](C)NP(=S)(OC[C@H]1O[C@@H](n2cnc3c(N(C)C)nc(C)nc32)[C@](C)(F)[C@@H]1O)Oc1ccccc1. The van der Waals surface area contributed by atoms with Gasteiger partial charge in [0, 0.05) is 14.1 Å². The Labute approximate surface area is 237 Å². The predicted molar refractivity (Wildman–Crippen MR) is 150 cm³/mol. The van der Waals surface area contributed by atoms with E-state index in [2.05, 4.69) is 20.0 Å². The molecule has 0 bridgehead atoms. The van der Waals surface area contributed by atoms with Crippen molar-refractivity contribution in [3.63, 3.8) is 0 Å². The number of imidazole rings is 1. The highest BCUT2D eigenvalue weighted by molar-refractivity contribution is 8.09. The number of nitrogens with one attached hydrogen (secondary N) is 1. The average molecular weight is 597 g/mol. The van der Waals surface area contributed by atoms with Gasteiger partial charge in [0.05, 0.1) is 19.5 Å². The quantitative estimate of drug-likeness (QED) is 0.249. The molecule has 40 heavy (non-hydrogen) atoms. The van der Waals surface area contributed by atoms with Crippen LogP contribution in [0.3, 0.4) is 0 Å². The van der Waals surface area contributed by atoms with Gasteiger partial charge in [-0.2, -0.15) is 0 Å². The second kappa shape index (κ2) is 12.0. The van der Waals surface area contributed by atoms with Crippen LogP contribution in [0.1, 0.15) is 32.8 Å². The number of nitrogens with zero attached hydrogens (tertiary/aromatic N) is 5. The second-order valence-corrected chi connectivity index (χ2v) is 12.9. The number of para-hydroxylation sites is 1. The van der Waals surface area contributed by atoms with Crippen LogP contribution in [0, 0.1) is 6.92 Å². The molecule has 1 aliphatic rings. The lowest BCUT2D eigenvalue weighted by Crippen LogP contribution is -2.41. The molecule has 2 aromatic heterocycles. The largest absolute Gasteiger partial charge is 0.465 e. The molecule has 1 fully saturated rings. The highest BCUT2D eigenvalue weighted by Crippen LogP contribution is 2.48. The Balaban J connectivity index is 1.58. The van der Waals surface area contributed by atoms with Gasteiger partial charge in [0.1, 0.15) is 29.8 Å². The van der Waals surface area contributed by atoms with Gasteiger partial charge in [0.25, 0.3) is 0 Å². The number of hydrogen-bond donors (Lipinski definition) is 2. The van der Waals surface area contributed by atoms with E-state index in [9.17, 15) is 9.90 Å². The number of aryl methyl sites for hydroxylation is 1. The summed E-state index contributed by atoms with van der Waals surface area (Å²) in [5.74, 6) is 0.914. The summed E-state index contributed by atoms with van der Waals surface area (Å²) in [6.45, 7) is 2.68. The average Bonchev–Trinajstić information content (AvgIpc) is 3.40. The third-order valence-corrected chi connectivity index (χ3v) is 8.78. The number of anilines is 1. The first kappa shape index (κ1) is 30.2. The highest BCUT2D eigenvalue weighted by atomic mass is 32.5. The van der Waals surface area contributed by atoms with Gasteiger partial charge in [-0.25, -0.2) is 24.4 Å². The number of rotatable bonds is 11. The number of esters is 1. The van der Waals surface area contributed by atoms with Crippen LogP contribution in [-0.4, -0.2) is 81.8 Å². The molecule has 1 unspecified atom stereocenters. The maximum absolute atomic E-state index is 16.1. The number of hydrogen-bond acceptors (Lipinski definition) is 11. The first-order valence-electron chi connectivity index (χ1n) is 12.7. The lowest BCUT2D eigenvalue weighted by atomic mass is 9.98. The molecule has 3 heterocycles. The van der Waals surface area contributed by atoms with Gasteiger partial charge in [-0.1, -0.05) is 18.2 Å². The summed E-state index contributed by atoms with van der Waals surface area (Å²) in [5, 5.41) is 13.9. The Hall–Kier alpha value is -2.74. The summed E-state index contributed by atoms with van der Waals surface area (Å²) >= 11 is 5.70. The molecular weight excluding hydrogens is 562 g/mol. The molecular formula is C25H34FN6O6PS. The number of carbonyl (C=O) groups is 1. The fraction of sp³-hybridized carbons (Fsp3) is 0.520. The minimum absolute atomic E-state index is 0.191. The molecule has 4 rings (SSSR count). The van der Waals surface area contributed by atoms with E-state index in [1.807, 2.05) is 20.2 Å². The minimum atomic E-state index is -3.42. The Morgan fingerprint density at radius 3 is 2.70 bits per heavy atom. The lowest BCUT2D eigenvalue weighted by Gasteiger charge is -2.28. The Bertz CT molecular complexity index is 1390. The second-order valence-electron chi connectivity index (χ2n) is 9.74. The van der Waals surface area contributed by atoms with Crippen LogP contribution in [0.25, 0.3) is 11.2 Å². The summed E-state index contributed by atoms with van der Waals surface area (Å²) in [5.41, 5.74) is -1.41. The summed E-state index contributed by atoms with van der Waals surface area (Å²) in [6, 6.07) is 7.85. The van der Waals surface area contributed by atoms with Crippen LogP contribution in [0.4, 0.5) is 10.2 Å². The summed E-state index contributed by atoms with van der Waals surface area (Å²) in [4.78, 5) is 27.3. The number of fused-ring (bicyclic) bond motifs is 1. The van der Waals surface area contributed by atoms with Crippen molar-refractivity contribution in [1.82, 2.24) is 24.6 Å². The van der Waals surface area contributed by atoms with Crippen LogP contribution in [-0.2, 0) is 30.6 Å². The van der Waals surface area contributed by atoms with Crippen molar-refractivity contribution >= 4 is 41.4 Å². The lowest BCUT2D eigenvalue weighted by molar-refractivity contribution is -0.144. The highest BCUT2D eigenvalue weighted by Gasteiger charge is 2.56. The van der Waals surface area contributed by atoms with Crippen molar-refractivity contribution in [1.29, 1.82) is 0 Å². The maximum Gasteiger partial charge on any atom is 0.323 e. The first-order valence-corrected chi connectivity index (χ1v) is 15.3. The molecule has 3 aromatic rings. The van der Waals surface area contributed by atoms with E-state index in [0.717, 1.165) is 0 Å². The number of aliphatic hydroxyl groups excluding tert-OH is 1. The molecule has 1 aliphatic heterocycles. The van der Waals surface area contributed by atoms with Crippen molar-refractivity contribution < 1.29 is 32.8 Å². The van der Waals surface area contributed by atoms with E-state index in [4.69, 9.17) is 30.3 Å². The zero-order valence-corrected chi connectivity index (χ0v) is 24.9. The molecule has 0 amide bonds. The van der Waals surface area contributed by atoms with Crippen LogP contribution in [0.15, 0.2) is 36.7 Å². The zero-order valence-electron chi connectivity index (χ0n) is 23.1. The van der Waals surface area contributed by atoms with Gasteiger partial charge in [-0.15, -0.1) is 0 Å². The molecule has 12 nitrogen and oxygen atoms in total. The van der Waals surface area contributed by atoms with Crippen LogP contribution in [0.5, 0.6) is 5.75 Å². The fourth-order valence-electron chi connectivity index (χ4n) is 4.28. The van der Waals surface area contributed by atoms with Crippen LogP contribution >= 0.6 is 6.64 Å². The number of ether oxygens (including phenoxy) is 2. The van der Waals surface area contributed by atoms with Gasteiger partial charge < -0.3 is 28.5 Å². The molecule has 0 radical (unpaired) electrons. The molecule has 6 atom stereocenters. The van der Waals surface area contributed by atoms with Crippen molar-refractivity contribution in [2.75, 3.05) is 32.2 Å². The molecule has 1 aromatic carbocycles. The summed E-state index contributed by atoms with van der Waals surface area (Å²) in [6.07, 6.45) is -2.58. The van der Waals surface area contributed by atoms with E-state index >= 15 is 4.39 Å². The van der Waals surface area contributed by atoms with Crippen LogP contribution in [0.2, 0.25) is 0 Å². The smallest absolute Gasteiger partial charge is 0.323 e. The number of benzene rings is 1. The monoisotopic (exact) mass is 596 g/mol. The molecule has 0 saturated carbocycles. The van der Waals surface area contributed by atoms with Crippen molar-refractivity contribution in [3.05, 3.63) is 42.5 Å². The Morgan fingerprint density at radius 1 is 1.35 bits per heavy atom.